The fraction of sp³-hybridized carbons (Fsp3) is 0.467. The van der Waals surface area contributed by atoms with E-state index in [1.54, 1.807) is 11.3 Å². The van der Waals surface area contributed by atoms with Crippen molar-refractivity contribution in [3.05, 3.63) is 39.8 Å². The Balaban J connectivity index is 1.59. The van der Waals surface area contributed by atoms with Gasteiger partial charge in [0.1, 0.15) is 5.69 Å². The molecule has 1 amide bonds. The van der Waals surface area contributed by atoms with Gasteiger partial charge in [0, 0.05) is 43.3 Å². The van der Waals surface area contributed by atoms with Gasteiger partial charge in [-0.1, -0.05) is 6.07 Å². The molecule has 1 saturated heterocycles. The maximum Gasteiger partial charge on any atom is 0.274 e. The van der Waals surface area contributed by atoms with E-state index >= 15 is 0 Å². The van der Waals surface area contributed by atoms with E-state index in [0.29, 0.717) is 5.69 Å². The molecule has 2 aromatic heterocycles. The highest BCUT2D eigenvalue weighted by Crippen LogP contribution is 2.14. The van der Waals surface area contributed by atoms with Crippen molar-refractivity contribution in [1.82, 2.24) is 20.0 Å². The Morgan fingerprint density at radius 1 is 1.38 bits per heavy atom. The summed E-state index contributed by atoms with van der Waals surface area (Å²) in [5.41, 5.74) is 1.45. The number of hydrogen-bond acceptors (Lipinski definition) is 4. The summed E-state index contributed by atoms with van der Waals surface area (Å²) < 4.78 is 0. The molecular formula is C15H20N4OS. The molecule has 0 spiro atoms. The number of nitrogens with zero attached hydrogens (tertiary/aromatic N) is 3. The van der Waals surface area contributed by atoms with Crippen molar-refractivity contribution >= 4 is 17.2 Å². The van der Waals surface area contributed by atoms with Crippen molar-refractivity contribution in [2.24, 2.45) is 0 Å². The number of hydrogen-bond donors (Lipinski definition) is 1. The quantitative estimate of drug-likeness (QED) is 0.945. The summed E-state index contributed by atoms with van der Waals surface area (Å²) in [5, 5.41) is 9.02. The summed E-state index contributed by atoms with van der Waals surface area (Å²) in [5.74, 6) is 0.0392. The third-order valence-corrected chi connectivity index (χ3v) is 4.62. The Morgan fingerprint density at radius 3 is 3.00 bits per heavy atom. The van der Waals surface area contributed by atoms with Gasteiger partial charge in [-0.25, -0.2) is 0 Å². The van der Waals surface area contributed by atoms with E-state index in [9.17, 15) is 4.79 Å². The molecule has 1 N–H and O–H groups in total. The molecule has 0 unspecified atom stereocenters. The zero-order chi connectivity index (χ0) is 14.7. The van der Waals surface area contributed by atoms with Crippen LogP contribution < -0.4 is 0 Å². The lowest BCUT2D eigenvalue weighted by Crippen LogP contribution is -2.35. The molecule has 2 aromatic rings. The van der Waals surface area contributed by atoms with Gasteiger partial charge in [0.2, 0.25) is 0 Å². The molecule has 0 aromatic carbocycles. The number of rotatable bonds is 3. The van der Waals surface area contributed by atoms with Crippen molar-refractivity contribution < 1.29 is 4.79 Å². The summed E-state index contributed by atoms with van der Waals surface area (Å²) in [6.45, 7) is 6.45. The second-order valence-electron chi connectivity index (χ2n) is 5.44. The number of H-pyrrole nitrogens is 1. The van der Waals surface area contributed by atoms with Crippen molar-refractivity contribution in [2.45, 2.75) is 19.9 Å². The molecule has 5 nitrogen and oxygen atoms in total. The van der Waals surface area contributed by atoms with Crippen LogP contribution in [0.1, 0.15) is 27.5 Å². The lowest BCUT2D eigenvalue weighted by Gasteiger charge is -2.21. The molecule has 21 heavy (non-hydrogen) atoms. The highest BCUT2D eigenvalue weighted by Gasteiger charge is 2.22. The van der Waals surface area contributed by atoms with E-state index in [-0.39, 0.29) is 5.91 Å². The molecule has 6 heteroatoms. The molecule has 0 saturated carbocycles. The van der Waals surface area contributed by atoms with E-state index < -0.39 is 0 Å². The van der Waals surface area contributed by atoms with Gasteiger partial charge in [-0.15, -0.1) is 11.3 Å². The van der Waals surface area contributed by atoms with Crippen molar-refractivity contribution in [2.75, 3.05) is 26.2 Å². The average molecular weight is 304 g/mol. The maximum absolute atomic E-state index is 12.4. The minimum atomic E-state index is 0.0392. The van der Waals surface area contributed by atoms with Crippen LogP contribution in [-0.2, 0) is 6.54 Å². The Hall–Kier alpha value is -1.66. The van der Waals surface area contributed by atoms with Crippen LogP contribution in [0.2, 0.25) is 0 Å². The minimum Gasteiger partial charge on any atom is -0.336 e. The lowest BCUT2D eigenvalue weighted by atomic mass is 10.3. The second-order valence-corrected chi connectivity index (χ2v) is 6.47. The number of aromatic nitrogens is 2. The van der Waals surface area contributed by atoms with Gasteiger partial charge in [-0.2, -0.15) is 5.10 Å². The van der Waals surface area contributed by atoms with Crippen LogP contribution in [0.4, 0.5) is 0 Å². The van der Waals surface area contributed by atoms with Crippen LogP contribution in [0.15, 0.2) is 23.6 Å². The van der Waals surface area contributed by atoms with Gasteiger partial charge in [-0.05, 0) is 30.9 Å². The number of amides is 1. The first-order chi connectivity index (χ1) is 10.2. The van der Waals surface area contributed by atoms with E-state index in [2.05, 4.69) is 32.6 Å². The molecule has 0 aliphatic carbocycles. The zero-order valence-electron chi connectivity index (χ0n) is 12.2. The van der Waals surface area contributed by atoms with Gasteiger partial charge in [0.25, 0.3) is 5.91 Å². The number of aromatic amines is 1. The summed E-state index contributed by atoms with van der Waals surface area (Å²) in [4.78, 5) is 18.1. The predicted molar refractivity (Wildman–Crippen MR) is 83.4 cm³/mol. The Bertz CT molecular complexity index is 593. The monoisotopic (exact) mass is 304 g/mol. The fourth-order valence-corrected chi connectivity index (χ4v) is 3.39. The van der Waals surface area contributed by atoms with Gasteiger partial charge in [0.15, 0.2) is 0 Å². The number of carbonyl (C=O) groups excluding carboxylic acids is 1. The Morgan fingerprint density at radius 2 is 2.29 bits per heavy atom. The van der Waals surface area contributed by atoms with Crippen LogP contribution in [0.5, 0.6) is 0 Å². The van der Waals surface area contributed by atoms with Crippen LogP contribution >= 0.6 is 11.3 Å². The fourth-order valence-electron chi connectivity index (χ4n) is 2.64. The predicted octanol–water partition coefficient (Wildman–Crippen LogP) is 2.13. The molecular weight excluding hydrogens is 284 g/mol. The lowest BCUT2D eigenvalue weighted by molar-refractivity contribution is 0.0755. The van der Waals surface area contributed by atoms with Crippen LogP contribution in [-0.4, -0.2) is 52.1 Å². The summed E-state index contributed by atoms with van der Waals surface area (Å²) in [6, 6.07) is 6.08. The topological polar surface area (TPSA) is 52.2 Å². The molecule has 1 aliphatic rings. The van der Waals surface area contributed by atoms with Crippen LogP contribution in [0.3, 0.4) is 0 Å². The second kappa shape index (κ2) is 6.41. The standard InChI is InChI=1S/C15H20N4OS/c1-12-10-14(17-16-12)15(20)19-6-3-5-18(7-8-19)11-13-4-2-9-21-13/h2,4,9-10H,3,5-8,11H2,1H3,(H,16,17). The number of nitrogens with one attached hydrogen (secondary N) is 1. The summed E-state index contributed by atoms with van der Waals surface area (Å²) in [7, 11) is 0. The highest BCUT2D eigenvalue weighted by molar-refractivity contribution is 7.09. The third kappa shape index (κ3) is 3.51. The van der Waals surface area contributed by atoms with Crippen molar-refractivity contribution in [3.63, 3.8) is 0 Å². The third-order valence-electron chi connectivity index (χ3n) is 3.76. The number of aryl methyl sites for hydroxylation is 1. The SMILES string of the molecule is Cc1cc(C(=O)N2CCCN(Cc3cccs3)CC2)n[nH]1. The number of thiophene rings is 1. The molecule has 1 fully saturated rings. The van der Waals surface area contributed by atoms with Crippen LogP contribution in [0, 0.1) is 6.92 Å². The molecule has 0 radical (unpaired) electrons. The minimum absolute atomic E-state index is 0.0392. The number of carbonyl (C=O) groups is 1. The molecule has 1 aliphatic heterocycles. The molecule has 0 bridgehead atoms. The average Bonchev–Trinajstić information content (AvgIpc) is 3.07. The first-order valence-electron chi connectivity index (χ1n) is 7.28. The Labute approximate surface area is 128 Å². The first-order valence-corrected chi connectivity index (χ1v) is 8.16. The van der Waals surface area contributed by atoms with E-state index in [1.165, 1.54) is 4.88 Å². The maximum atomic E-state index is 12.4. The van der Waals surface area contributed by atoms with E-state index in [4.69, 9.17) is 0 Å². The normalized spacial score (nSPS) is 16.9. The van der Waals surface area contributed by atoms with Crippen LogP contribution in [0.25, 0.3) is 0 Å². The molecule has 3 heterocycles. The summed E-state index contributed by atoms with van der Waals surface area (Å²) >= 11 is 1.79. The van der Waals surface area contributed by atoms with Crippen molar-refractivity contribution in [3.8, 4) is 0 Å². The van der Waals surface area contributed by atoms with E-state index in [0.717, 1.165) is 44.8 Å². The van der Waals surface area contributed by atoms with E-state index in [1.807, 2.05) is 17.9 Å². The first kappa shape index (κ1) is 14.3. The smallest absolute Gasteiger partial charge is 0.274 e. The Kier molecular flexibility index (Phi) is 4.36. The highest BCUT2D eigenvalue weighted by atomic mass is 32.1. The van der Waals surface area contributed by atoms with Gasteiger partial charge >= 0.3 is 0 Å². The van der Waals surface area contributed by atoms with Gasteiger partial charge in [-0.3, -0.25) is 14.8 Å². The molecule has 0 atom stereocenters. The summed E-state index contributed by atoms with van der Waals surface area (Å²) in [6.07, 6.45) is 1.01. The van der Waals surface area contributed by atoms with Crippen molar-refractivity contribution in [1.29, 1.82) is 0 Å². The zero-order valence-corrected chi connectivity index (χ0v) is 13.0. The van der Waals surface area contributed by atoms with Gasteiger partial charge < -0.3 is 4.90 Å². The largest absolute Gasteiger partial charge is 0.336 e. The molecule has 3 rings (SSSR count). The molecule has 112 valence electrons. The van der Waals surface area contributed by atoms with Gasteiger partial charge in [0.05, 0.1) is 0 Å².